The van der Waals surface area contributed by atoms with Crippen molar-refractivity contribution in [2.24, 2.45) is 0 Å². The second kappa shape index (κ2) is 5.71. The molecule has 0 atom stereocenters. The van der Waals surface area contributed by atoms with E-state index in [2.05, 4.69) is 11.8 Å². The summed E-state index contributed by atoms with van der Waals surface area (Å²) >= 11 is 0. The molecule has 0 spiro atoms. The second-order valence-electron chi connectivity index (χ2n) is 9.46. The van der Waals surface area contributed by atoms with Gasteiger partial charge in [0.2, 0.25) is 0 Å². The van der Waals surface area contributed by atoms with Crippen LogP contribution in [0.25, 0.3) is 0 Å². The lowest BCUT2D eigenvalue weighted by atomic mass is 9.81. The highest BCUT2D eigenvalue weighted by atomic mass is 16.5. The molecule has 0 fully saturated rings. The van der Waals surface area contributed by atoms with Crippen LogP contribution in [0.15, 0.2) is 23.3 Å². The van der Waals surface area contributed by atoms with Gasteiger partial charge in [0.15, 0.2) is 0 Å². The molecule has 0 amide bonds. The van der Waals surface area contributed by atoms with Crippen LogP contribution in [0, 0.1) is 11.8 Å². The molecule has 0 bridgehead atoms. The predicted molar refractivity (Wildman–Crippen MR) is 94.5 cm³/mol. The van der Waals surface area contributed by atoms with E-state index in [1.54, 1.807) is 0 Å². The first kappa shape index (κ1) is 19.2. The van der Waals surface area contributed by atoms with Gasteiger partial charge in [0.1, 0.15) is 0 Å². The molecule has 2 heterocycles. The fourth-order valence-corrected chi connectivity index (χ4v) is 4.03. The first-order valence-electron chi connectivity index (χ1n) is 8.58. The summed E-state index contributed by atoms with van der Waals surface area (Å²) in [6, 6.07) is 0. The van der Waals surface area contributed by atoms with Crippen LogP contribution in [0.2, 0.25) is 0 Å². The monoisotopic (exact) mass is 330 g/mol. The van der Waals surface area contributed by atoms with Crippen LogP contribution in [-0.2, 0) is 10.4 Å². The first-order chi connectivity index (χ1) is 10.7. The van der Waals surface area contributed by atoms with Crippen molar-refractivity contribution in [1.82, 2.24) is 10.1 Å². The molecule has 2 aliphatic heterocycles. The van der Waals surface area contributed by atoms with E-state index in [4.69, 9.17) is 0 Å². The number of hydrogen-bond donors (Lipinski definition) is 0. The summed E-state index contributed by atoms with van der Waals surface area (Å²) < 4.78 is 0. The van der Waals surface area contributed by atoms with Crippen molar-refractivity contribution in [3.63, 3.8) is 0 Å². The lowest BCUT2D eigenvalue weighted by Gasteiger charge is -2.45. The average Bonchev–Trinajstić information content (AvgIpc) is 2.38. The van der Waals surface area contributed by atoms with Gasteiger partial charge in [0.25, 0.3) is 0 Å². The van der Waals surface area contributed by atoms with Gasteiger partial charge in [0, 0.05) is 35.1 Å². The highest BCUT2D eigenvalue weighted by Gasteiger charge is 2.43. The fraction of sp³-hybridized carbons (Fsp3) is 0.700. The highest BCUT2D eigenvalue weighted by Crippen LogP contribution is 2.37. The fourth-order valence-electron chi connectivity index (χ4n) is 4.03. The summed E-state index contributed by atoms with van der Waals surface area (Å²) in [7, 11) is 0. The standard InChI is InChI=1S/C20H30N2O2/c1-17(2)11-15(12-18(3,4)21(17)23)9-10-16-13-19(5,6)22(24)20(7,8)14-16/h11,13H,12,14H2,1-8H3. The van der Waals surface area contributed by atoms with Crippen LogP contribution in [-0.4, -0.2) is 32.3 Å². The number of hydroxylamine groups is 4. The molecule has 132 valence electrons. The molecular formula is C20H30N2O2. The summed E-state index contributed by atoms with van der Waals surface area (Å²) in [5.41, 5.74) is -0.0498. The SMILES string of the molecule is CC1(C)C=C(C#CC2=CC(C)(C)N([O])C(C)(C)C2)CC(C)(C)N1[O]. The maximum absolute atomic E-state index is 12.4. The maximum atomic E-state index is 12.4. The normalized spacial score (nSPS) is 28.4. The maximum Gasteiger partial charge on any atom is 0.0634 e. The largest absolute Gasteiger partial charge is 0.140 e. The zero-order valence-electron chi connectivity index (χ0n) is 16.3. The van der Waals surface area contributed by atoms with Crippen molar-refractivity contribution in [1.29, 1.82) is 0 Å². The van der Waals surface area contributed by atoms with Crippen molar-refractivity contribution in [3.8, 4) is 11.8 Å². The Hall–Kier alpha value is -1.12. The predicted octanol–water partition coefficient (Wildman–Crippen LogP) is 4.06. The van der Waals surface area contributed by atoms with Gasteiger partial charge in [-0.15, -0.1) is 20.5 Å². The van der Waals surface area contributed by atoms with Crippen LogP contribution in [0.3, 0.4) is 0 Å². The lowest BCUT2D eigenvalue weighted by Crippen LogP contribution is -2.54. The van der Waals surface area contributed by atoms with E-state index in [9.17, 15) is 10.4 Å². The quantitative estimate of drug-likeness (QED) is 0.629. The Bertz CT molecular complexity index is 588. The second-order valence-corrected chi connectivity index (χ2v) is 9.46. The Labute approximate surface area is 146 Å². The zero-order chi connectivity index (χ0) is 18.6. The molecule has 2 rings (SSSR count). The Kier molecular flexibility index (Phi) is 4.57. The molecule has 4 nitrogen and oxygen atoms in total. The third-order valence-corrected chi connectivity index (χ3v) is 4.83. The Morgan fingerprint density at radius 1 is 0.708 bits per heavy atom. The molecule has 0 aromatic heterocycles. The van der Waals surface area contributed by atoms with E-state index in [-0.39, 0.29) is 0 Å². The van der Waals surface area contributed by atoms with Crippen LogP contribution in [0.5, 0.6) is 0 Å². The molecule has 0 unspecified atom stereocenters. The molecule has 0 saturated carbocycles. The summed E-state index contributed by atoms with van der Waals surface area (Å²) in [4.78, 5) is 0. The molecule has 4 heteroatoms. The Morgan fingerprint density at radius 3 is 1.25 bits per heavy atom. The number of rotatable bonds is 0. The highest BCUT2D eigenvalue weighted by molar-refractivity contribution is 5.43. The summed E-state index contributed by atoms with van der Waals surface area (Å²) in [6.07, 6.45) is 5.22. The molecule has 0 aromatic rings. The minimum absolute atomic E-state index is 0.465. The van der Waals surface area contributed by atoms with Crippen LogP contribution < -0.4 is 0 Å². The molecule has 24 heavy (non-hydrogen) atoms. The summed E-state index contributed by atoms with van der Waals surface area (Å²) in [5.74, 6) is 6.54. The van der Waals surface area contributed by atoms with Gasteiger partial charge in [0.05, 0.1) is 11.1 Å². The van der Waals surface area contributed by atoms with Crippen molar-refractivity contribution >= 4 is 0 Å². The molecule has 0 aromatic carbocycles. The van der Waals surface area contributed by atoms with Crippen molar-refractivity contribution in [3.05, 3.63) is 23.3 Å². The number of nitrogens with zero attached hydrogens (tertiary/aromatic N) is 2. The summed E-state index contributed by atoms with van der Waals surface area (Å²) in [6.45, 7) is 15.5. The zero-order valence-corrected chi connectivity index (χ0v) is 16.3. The van der Waals surface area contributed by atoms with E-state index in [1.807, 2.05) is 67.5 Å². The molecular weight excluding hydrogens is 300 g/mol. The topological polar surface area (TPSA) is 46.3 Å². The minimum atomic E-state index is -0.558. The first-order valence-corrected chi connectivity index (χ1v) is 8.58. The molecule has 0 saturated heterocycles. The van der Waals surface area contributed by atoms with E-state index >= 15 is 0 Å². The van der Waals surface area contributed by atoms with Gasteiger partial charge >= 0.3 is 0 Å². The molecule has 2 aliphatic rings. The van der Waals surface area contributed by atoms with Gasteiger partial charge in [-0.25, -0.2) is 0 Å². The van der Waals surface area contributed by atoms with Gasteiger partial charge in [-0.1, -0.05) is 24.0 Å². The number of hydrogen-bond acceptors (Lipinski definition) is 2. The van der Waals surface area contributed by atoms with Crippen molar-refractivity contribution < 1.29 is 10.4 Å². The summed E-state index contributed by atoms with van der Waals surface area (Å²) in [5, 5.41) is 27.1. The van der Waals surface area contributed by atoms with E-state index in [0.717, 1.165) is 21.3 Å². The van der Waals surface area contributed by atoms with Gasteiger partial charge in [-0.3, -0.25) is 0 Å². The van der Waals surface area contributed by atoms with E-state index < -0.39 is 22.2 Å². The third kappa shape index (κ3) is 3.60. The Balaban J connectivity index is 2.34. The molecule has 0 aliphatic carbocycles. The smallest absolute Gasteiger partial charge is 0.0634 e. The van der Waals surface area contributed by atoms with Crippen LogP contribution in [0.4, 0.5) is 0 Å². The van der Waals surface area contributed by atoms with Gasteiger partial charge in [-0.2, -0.15) is 0 Å². The van der Waals surface area contributed by atoms with Gasteiger partial charge < -0.3 is 0 Å². The third-order valence-electron chi connectivity index (χ3n) is 4.83. The minimum Gasteiger partial charge on any atom is -0.140 e. The van der Waals surface area contributed by atoms with Crippen LogP contribution >= 0.6 is 0 Å². The van der Waals surface area contributed by atoms with E-state index in [0.29, 0.717) is 12.8 Å². The van der Waals surface area contributed by atoms with Crippen LogP contribution in [0.1, 0.15) is 68.2 Å². The van der Waals surface area contributed by atoms with Gasteiger partial charge in [-0.05, 0) is 55.4 Å². The van der Waals surface area contributed by atoms with E-state index in [1.165, 1.54) is 0 Å². The Morgan fingerprint density at radius 2 is 1.00 bits per heavy atom. The lowest BCUT2D eigenvalue weighted by molar-refractivity contribution is -0.262. The van der Waals surface area contributed by atoms with Crippen molar-refractivity contribution in [2.75, 3.05) is 0 Å². The average molecular weight is 330 g/mol. The molecule has 2 radical (unpaired) electrons. The van der Waals surface area contributed by atoms with Crippen molar-refractivity contribution in [2.45, 2.75) is 90.4 Å². The molecule has 0 N–H and O–H groups in total.